The number of thioether (sulfide) groups is 2. The van der Waals surface area contributed by atoms with Gasteiger partial charge >= 0.3 is 0 Å². The maximum atomic E-state index is 10.0. The molecule has 1 fully saturated rings. The van der Waals surface area contributed by atoms with Crippen LogP contribution in [0.5, 0.6) is 0 Å². The summed E-state index contributed by atoms with van der Waals surface area (Å²) < 4.78 is 0.824. The van der Waals surface area contributed by atoms with Crippen LogP contribution < -0.4 is 0 Å². The summed E-state index contributed by atoms with van der Waals surface area (Å²) in [5.74, 6) is 2.68. The number of rotatable bonds is 5. The molecule has 1 nitrogen and oxygen atoms in total. The summed E-state index contributed by atoms with van der Waals surface area (Å²) in [5, 5.41) is 0. The van der Waals surface area contributed by atoms with Gasteiger partial charge in [-0.15, -0.1) is 23.5 Å². The average molecular weight is 204 g/mol. The molecule has 0 saturated carbocycles. The van der Waals surface area contributed by atoms with Gasteiger partial charge in [-0.25, -0.2) is 0 Å². The van der Waals surface area contributed by atoms with Crippen molar-refractivity contribution in [3.63, 3.8) is 0 Å². The molecule has 0 aromatic rings. The van der Waals surface area contributed by atoms with Crippen molar-refractivity contribution >= 4 is 29.8 Å². The smallest absolute Gasteiger partial charge is 0.119 e. The Balaban J connectivity index is 1.94. The predicted octanol–water partition coefficient (Wildman–Crippen LogP) is 2.94. The van der Waals surface area contributed by atoms with Crippen molar-refractivity contribution in [3.05, 3.63) is 0 Å². The van der Waals surface area contributed by atoms with Crippen LogP contribution in [-0.2, 0) is 4.79 Å². The molecule has 0 N–H and O–H groups in total. The summed E-state index contributed by atoms with van der Waals surface area (Å²) in [6.45, 7) is 0. The summed E-state index contributed by atoms with van der Waals surface area (Å²) in [6.07, 6.45) is 6.76. The number of carbonyl (C=O) groups is 1. The van der Waals surface area contributed by atoms with E-state index in [1.54, 1.807) is 0 Å². The Morgan fingerprint density at radius 2 is 2.00 bits per heavy atom. The van der Waals surface area contributed by atoms with E-state index in [9.17, 15) is 4.79 Å². The second-order valence-electron chi connectivity index (χ2n) is 2.98. The Morgan fingerprint density at radius 1 is 1.25 bits per heavy atom. The van der Waals surface area contributed by atoms with E-state index >= 15 is 0 Å². The molecule has 0 atom stereocenters. The van der Waals surface area contributed by atoms with Crippen LogP contribution in [-0.4, -0.2) is 22.4 Å². The van der Waals surface area contributed by atoms with Gasteiger partial charge in [-0.1, -0.05) is 6.42 Å². The normalized spacial score (nSPS) is 19.3. The molecule has 0 radical (unpaired) electrons. The van der Waals surface area contributed by atoms with E-state index in [2.05, 4.69) is 23.5 Å². The summed E-state index contributed by atoms with van der Waals surface area (Å²) in [5.41, 5.74) is 0. The van der Waals surface area contributed by atoms with Crippen LogP contribution in [0.15, 0.2) is 0 Å². The lowest BCUT2D eigenvalue weighted by molar-refractivity contribution is -0.107. The Labute approximate surface area is 83.1 Å². The predicted molar refractivity (Wildman–Crippen MR) is 57.9 cm³/mol. The highest BCUT2D eigenvalue weighted by Crippen LogP contribution is 2.33. The van der Waals surface area contributed by atoms with Crippen LogP contribution in [0, 0.1) is 0 Å². The minimum atomic E-state index is 0.752. The Kier molecular flexibility index (Phi) is 5.96. The standard InChI is InChI=1S/C9H16OS2/c10-6-3-1-2-5-9-11-7-4-8-12-9/h6,9H,1-5,7-8H2. The van der Waals surface area contributed by atoms with Crippen LogP contribution in [0.25, 0.3) is 0 Å². The van der Waals surface area contributed by atoms with Crippen LogP contribution in [0.1, 0.15) is 32.1 Å². The zero-order chi connectivity index (χ0) is 8.65. The first kappa shape index (κ1) is 10.5. The lowest BCUT2D eigenvalue weighted by Gasteiger charge is -2.20. The second kappa shape index (κ2) is 6.84. The number of hydrogen-bond donors (Lipinski definition) is 0. The van der Waals surface area contributed by atoms with Crippen molar-refractivity contribution in [3.8, 4) is 0 Å². The monoisotopic (exact) mass is 204 g/mol. The minimum absolute atomic E-state index is 0.752. The maximum absolute atomic E-state index is 10.0. The van der Waals surface area contributed by atoms with E-state index < -0.39 is 0 Å². The van der Waals surface area contributed by atoms with Crippen LogP contribution in [0.4, 0.5) is 0 Å². The molecular formula is C9H16OS2. The van der Waals surface area contributed by atoms with E-state index in [0.717, 1.165) is 23.7 Å². The lowest BCUT2D eigenvalue weighted by Crippen LogP contribution is -2.06. The van der Waals surface area contributed by atoms with Crippen molar-refractivity contribution in [1.82, 2.24) is 0 Å². The Morgan fingerprint density at radius 3 is 2.67 bits per heavy atom. The van der Waals surface area contributed by atoms with Crippen molar-refractivity contribution in [2.24, 2.45) is 0 Å². The van der Waals surface area contributed by atoms with Gasteiger partial charge in [0.2, 0.25) is 0 Å². The van der Waals surface area contributed by atoms with E-state index in [-0.39, 0.29) is 0 Å². The van der Waals surface area contributed by atoms with Gasteiger partial charge in [-0.05, 0) is 30.8 Å². The third-order valence-electron chi connectivity index (χ3n) is 1.91. The molecule has 0 aromatic heterocycles. The lowest BCUT2D eigenvalue weighted by atomic mass is 10.2. The topological polar surface area (TPSA) is 17.1 Å². The quantitative estimate of drug-likeness (QED) is 0.506. The van der Waals surface area contributed by atoms with Gasteiger partial charge in [0.1, 0.15) is 6.29 Å². The molecule has 0 amide bonds. The van der Waals surface area contributed by atoms with Gasteiger partial charge < -0.3 is 4.79 Å². The molecule has 70 valence electrons. The van der Waals surface area contributed by atoms with Crippen LogP contribution in [0.2, 0.25) is 0 Å². The third-order valence-corrected chi connectivity index (χ3v) is 4.99. The number of aldehydes is 1. The molecule has 1 aliphatic rings. The molecule has 12 heavy (non-hydrogen) atoms. The SMILES string of the molecule is O=CCCCCC1SCCCS1. The molecule has 0 spiro atoms. The molecule has 0 unspecified atom stereocenters. The van der Waals surface area contributed by atoms with Crippen LogP contribution in [0.3, 0.4) is 0 Å². The fourth-order valence-corrected chi connectivity index (χ4v) is 4.20. The Bertz CT molecular complexity index is 122. The maximum Gasteiger partial charge on any atom is 0.119 e. The molecule has 0 bridgehead atoms. The Hall–Kier alpha value is 0.370. The summed E-state index contributed by atoms with van der Waals surface area (Å²) in [6, 6.07) is 0. The number of hydrogen-bond acceptors (Lipinski definition) is 3. The summed E-state index contributed by atoms with van der Waals surface area (Å²) in [7, 11) is 0. The molecule has 0 aliphatic carbocycles. The zero-order valence-electron chi connectivity index (χ0n) is 7.33. The van der Waals surface area contributed by atoms with Gasteiger partial charge in [0.25, 0.3) is 0 Å². The van der Waals surface area contributed by atoms with Crippen molar-refractivity contribution in [1.29, 1.82) is 0 Å². The van der Waals surface area contributed by atoms with Crippen molar-refractivity contribution < 1.29 is 4.79 Å². The number of carbonyl (C=O) groups excluding carboxylic acids is 1. The summed E-state index contributed by atoms with van der Waals surface area (Å²) in [4.78, 5) is 10.0. The van der Waals surface area contributed by atoms with E-state index in [1.807, 2.05) is 0 Å². The first-order chi connectivity index (χ1) is 5.93. The molecule has 3 heteroatoms. The number of unbranched alkanes of at least 4 members (excludes halogenated alkanes) is 2. The van der Waals surface area contributed by atoms with E-state index in [4.69, 9.17) is 0 Å². The van der Waals surface area contributed by atoms with E-state index in [0.29, 0.717) is 0 Å². The molecule has 1 heterocycles. The fraction of sp³-hybridized carbons (Fsp3) is 0.889. The molecule has 1 saturated heterocycles. The van der Waals surface area contributed by atoms with E-state index in [1.165, 1.54) is 30.8 Å². The molecular weight excluding hydrogens is 188 g/mol. The average Bonchev–Trinajstić information content (AvgIpc) is 2.14. The fourth-order valence-electron chi connectivity index (χ4n) is 1.24. The van der Waals surface area contributed by atoms with Crippen molar-refractivity contribution in [2.45, 2.75) is 36.7 Å². The van der Waals surface area contributed by atoms with Gasteiger partial charge in [-0.2, -0.15) is 0 Å². The summed E-state index contributed by atoms with van der Waals surface area (Å²) >= 11 is 4.19. The highest BCUT2D eigenvalue weighted by molar-refractivity contribution is 8.17. The van der Waals surface area contributed by atoms with Gasteiger partial charge in [0.15, 0.2) is 0 Å². The highest BCUT2D eigenvalue weighted by Gasteiger charge is 2.13. The third kappa shape index (κ3) is 4.41. The second-order valence-corrected chi connectivity index (χ2v) is 5.90. The molecule has 1 rings (SSSR count). The van der Waals surface area contributed by atoms with Gasteiger partial charge in [0, 0.05) is 6.42 Å². The van der Waals surface area contributed by atoms with Crippen molar-refractivity contribution in [2.75, 3.05) is 11.5 Å². The largest absolute Gasteiger partial charge is 0.303 e. The molecule has 1 aliphatic heterocycles. The highest BCUT2D eigenvalue weighted by atomic mass is 32.2. The molecule has 0 aromatic carbocycles. The first-order valence-corrected chi connectivity index (χ1v) is 6.70. The van der Waals surface area contributed by atoms with Crippen LogP contribution >= 0.6 is 23.5 Å². The van der Waals surface area contributed by atoms with Gasteiger partial charge in [-0.3, -0.25) is 0 Å². The zero-order valence-corrected chi connectivity index (χ0v) is 8.96. The first-order valence-electron chi connectivity index (χ1n) is 4.60. The minimum Gasteiger partial charge on any atom is -0.303 e. The van der Waals surface area contributed by atoms with Gasteiger partial charge in [0.05, 0.1) is 4.58 Å².